The van der Waals surface area contributed by atoms with Crippen LogP contribution in [0.2, 0.25) is 5.02 Å². The van der Waals surface area contributed by atoms with Crippen LogP contribution in [0.4, 0.5) is 0 Å². The molecule has 1 saturated heterocycles. The fourth-order valence-corrected chi connectivity index (χ4v) is 3.68. The molecule has 1 fully saturated rings. The number of nitriles is 1. The van der Waals surface area contributed by atoms with E-state index in [9.17, 15) is 10.1 Å². The summed E-state index contributed by atoms with van der Waals surface area (Å²) in [7, 11) is 1.50. The minimum absolute atomic E-state index is 0.166. The van der Waals surface area contributed by atoms with Crippen molar-refractivity contribution in [1.82, 2.24) is 5.01 Å². The van der Waals surface area contributed by atoms with Gasteiger partial charge in [-0.3, -0.25) is 4.79 Å². The first-order valence-electron chi connectivity index (χ1n) is 8.05. The molecule has 1 amide bonds. The van der Waals surface area contributed by atoms with E-state index in [-0.39, 0.29) is 18.3 Å². The van der Waals surface area contributed by atoms with Crippen molar-refractivity contribution in [1.29, 1.82) is 5.26 Å². The zero-order valence-electron chi connectivity index (χ0n) is 14.7. The lowest BCUT2D eigenvalue weighted by atomic mass is 10.1. The van der Waals surface area contributed by atoms with E-state index >= 15 is 0 Å². The number of nitrogens with zero attached hydrogens (tertiary/aromatic N) is 3. The summed E-state index contributed by atoms with van der Waals surface area (Å²) in [5.74, 6) is 0.892. The highest BCUT2D eigenvalue weighted by molar-refractivity contribution is 8.23. The lowest BCUT2D eigenvalue weighted by Crippen LogP contribution is -2.22. The van der Waals surface area contributed by atoms with Gasteiger partial charge >= 0.3 is 0 Å². The van der Waals surface area contributed by atoms with Crippen LogP contribution in [-0.2, 0) is 11.4 Å². The number of halogens is 1. The van der Waals surface area contributed by atoms with E-state index in [1.165, 1.54) is 30.1 Å². The summed E-state index contributed by atoms with van der Waals surface area (Å²) in [6.07, 6.45) is 1.49. The van der Waals surface area contributed by atoms with E-state index in [1.54, 1.807) is 24.3 Å². The van der Waals surface area contributed by atoms with Crippen molar-refractivity contribution in [2.75, 3.05) is 12.9 Å². The number of carbonyl (C=O) groups excluding carboxylic acids is 1. The lowest BCUT2D eigenvalue weighted by molar-refractivity contribution is -0.123. The zero-order valence-corrected chi connectivity index (χ0v) is 17.1. The Morgan fingerprint density at radius 2 is 2.21 bits per heavy atom. The lowest BCUT2D eigenvalue weighted by Gasteiger charge is -2.14. The van der Waals surface area contributed by atoms with Crippen LogP contribution < -0.4 is 9.47 Å². The number of benzene rings is 2. The van der Waals surface area contributed by atoms with Crippen LogP contribution in [0.3, 0.4) is 0 Å². The summed E-state index contributed by atoms with van der Waals surface area (Å²) < 4.78 is 11.6. The van der Waals surface area contributed by atoms with E-state index in [0.717, 1.165) is 5.56 Å². The predicted octanol–water partition coefficient (Wildman–Crippen LogP) is 3.99. The maximum atomic E-state index is 11.7. The molecule has 1 aliphatic heterocycles. The molecule has 0 bridgehead atoms. The van der Waals surface area contributed by atoms with Crippen LogP contribution in [0.5, 0.6) is 11.5 Å². The molecule has 142 valence electrons. The number of carbonyl (C=O) groups is 1. The molecule has 2 aromatic rings. The zero-order chi connectivity index (χ0) is 20.1. The summed E-state index contributed by atoms with van der Waals surface area (Å²) in [6.45, 7) is 0.168. The molecule has 0 radical (unpaired) electrons. The number of hydrogen-bond acceptors (Lipinski definition) is 7. The van der Waals surface area contributed by atoms with E-state index in [4.69, 9.17) is 33.3 Å². The first kappa shape index (κ1) is 20.1. The Bertz CT molecular complexity index is 988. The molecule has 28 heavy (non-hydrogen) atoms. The van der Waals surface area contributed by atoms with Gasteiger partial charge in [0.15, 0.2) is 15.8 Å². The van der Waals surface area contributed by atoms with Gasteiger partial charge in [0.1, 0.15) is 6.61 Å². The van der Waals surface area contributed by atoms with Gasteiger partial charge < -0.3 is 9.47 Å². The summed E-state index contributed by atoms with van der Waals surface area (Å²) in [6, 6.07) is 12.6. The van der Waals surface area contributed by atoms with E-state index in [1.807, 2.05) is 12.1 Å². The average molecular weight is 432 g/mol. The second kappa shape index (κ2) is 9.06. The van der Waals surface area contributed by atoms with Crippen LogP contribution in [0, 0.1) is 11.3 Å². The highest BCUT2D eigenvalue weighted by Crippen LogP contribution is 2.36. The largest absolute Gasteiger partial charge is 0.493 e. The number of hydrazone groups is 1. The molecular formula is C19H14ClN3O3S2. The van der Waals surface area contributed by atoms with Crippen LogP contribution in [0.1, 0.15) is 16.7 Å². The van der Waals surface area contributed by atoms with Crippen LogP contribution in [0.15, 0.2) is 41.5 Å². The quantitative estimate of drug-likeness (QED) is 0.508. The minimum Gasteiger partial charge on any atom is -0.493 e. The van der Waals surface area contributed by atoms with E-state index < -0.39 is 0 Å². The van der Waals surface area contributed by atoms with Crippen LogP contribution >= 0.6 is 35.6 Å². The smallest absolute Gasteiger partial charge is 0.259 e. The van der Waals surface area contributed by atoms with Gasteiger partial charge in [0.25, 0.3) is 5.91 Å². The number of rotatable bonds is 6. The van der Waals surface area contributed by atoms with Crippen molar-refractivity contribution in [2.45, 2.75) is 6.61 Å². The van der Waals surface area contributed by atoms with Crippen molar-refractivity contribution in [3.05, 3.63) is 58.1 Å². The van der Waals surface area contributed by atoms with Crippen LogP contribution in [-0.4, -0.2) is 34.3 Å². The van der Waals surface area contributed by atoms with Gasteiger partial charge in [-0.15, -0.1) is 0 Å². The molecular weight excluding hydrogens is 418 g/mol. The van der Waals surface area contributed by atoms with Crippen LogP contribution in [0.25, 0.3) is 0 Å². The second-order valence-electron chi connectivity index (χ2n) is 5.60. The third-order valence-electron chi connectivity index (χ3n) is 3.81. The first-order chi connectivity index (χ1) is 13.5. The standard InChI is InChI=1S/C19H14ClN3O3S2/c1-25-16-7-12(9-22-23-17(24)11-28-19(23)27)6-15(20)18(16)26-10-14-5-3-2-4-13(14)8-21/h2-7,9H,10-11H2,1H3/b22-9-. The Morgan fingerprint density at radius 1 is 1.43 bits per heavy atom. The van der Waals surface area contributed by atoms with E-state index in [2.05, 4.69) is 11.2 Å². The Balaban J connectivity index is 1.81. The maximum Gasteiger partial charge on any atom is 0.259 e. The van der Waals surface area contributed by atoms with Gasteiger partial charge in [-0.05, 0) is 23.8 Å². The third-order valence-corrected chi connectivity index (χ3v) is 5.43. The summed E-state index contributed by atoms with van der Waals surface area (Å²) in [5, 5.41) is 14.8. The molecule has 2 aromatic carbocycles. The Kier molecular flexibility index (Phi) is 6.52. The molecule has 0 spiro atoms. The molecule has 9 heteroatoms. The monoisotopic (exact) mass is 431 g/mol. The predicted molar refractivity (Wildman–Crippen MR) is 113 cm³/mol. The van der Waals surface area contributed by atoms with Gasteiger partial charge in [-0.25, -0.2) is 0 Å². The summed E-state index contributed by atoms with van der Waals surface area (Å²) >= 11 is 12.7. The Morgan fingerprint density at radius 3 is 2.89 bits per heavy atom. The Labute approximate surface area is 176 Å². The molecule has 0 aromatic heterocycles. The SMILES string of the molecule is COc1cc(/C=N\N2C(=O)CSC2=S)cc(Cl)c1OCc1ccccc1C#N. The number of methoxy groups -OCH3 is 1. The van der Waals surface area contributed by atoms with Crippen molar-refractivity contribution in [3.8, 4) is 17.6 Å². The number of amides is 1. The van der Waals surface area contributed by atoms with Gasteiger partial charge in [0.05, 0.1) is 35.7 Å². The molecule has 1 aliphatic rings. The highest BCUT2D eigenvalue weighted by Gasteiger charge is 2.26. The summed E-state index contributed by atoms with van der Waals surface area (Å²) in [4.78, 5) is 11.7. The number of ether oxygens (including phenoxy) is 2. The first-order valence-corrected chi connectivity index (χ1v) is 9.82. The summed E-state index contributed by atoms with van der Waals surface area (Å²) in [5.41, 5.74) is 1.90. The molecule has 0 N–H and O–H groups in total. The highest BCUT2D eigenvalue weighted by atomic mass is 35.5. The fourth-order valence-electron chi connectivity index (χ4n) is 2.44. The average Bonchev–Trinajstić information content (AvgIpc) is 3.02. The Hall–Kier alpha value is -2.60. The van der Waals surface area contributed by atoms with E-state index in [0.29, 0.717) is 32.0 Å². The number of thioether (sulfide) groups is 1. The number of thiocarbonyl (C=S) groups is 1. The third kappa shape index (κ3) is 4.44. The van der Waals surface area contributed by atoms with Crippen molar-refractivity contribution < 1.29 is 14.3 Å². The second-order valence-corrected chi connectivity index (χ2v) is 7.61. The van der Waals surface area contributed by atoms with Crippen molar-refractivity contribution in [2.24, 2.45) is 5.10 Å². The molecule has 0 aliphatic carbocycles. The van der Waals surface area contributed by atoms with Gasteiger partial charge in [-0.2, -0.15) is 15.4 Å². The minimum atomic E-state index is -0.166. The van der Waals surface area contributed by atoms with Crippen molar-refractivity contribution >= 4 is 52.0 Å². The van der Waals surface area contributed by atoms with Gasteiger partial charge in [0.2, 0.25) is 0 Å². The molecule has 6 nitrogen and oxygen atoms in total. The van der Waals surface area contributed by atoms with Gasteiger partial charge in [-0.1, -0.05) is 53.8 Å². The normalized spacial score (nSPS) is 13.8. The maximum absolute atomic E-state index is 11.7. The molecule has 0 unspecified atom stereocenters. The molecule has 3 rings (SSSR count). The van der Waals surface area contributed by atoms with Gasteiger partial charge in [0, 0.05) is 5.56 Å². The fraction of sp³-hybridized carbons (Fsp3) is 0.158. The number of hydrogen-bond donors (Lipinski definition) is 0. The molecule has 0 atom stereocenters. The molecule has 0 saturated carbocycles. The van der Waals surface area contributed by atoms with Crippen molar-refractivity contribution in [3.63, 3.8) is 0 Å². The topological polar surface area (TPSA) is 74.9 Å². The molecule has 1 heterocycles.